The van der Waals surface area contributed by atoms with Gasteiger partial charge in [-0.15, -0.1) is 0 Å². The number of nitrogen functional groups attached to an aromatic ring is 1. The molecule has 0 heterocycles. The Morgan fingerprint density at radius 3 is 2.74 bits per heavy atom. The third-order valence-electron chi connectivity index (χ3n) is 3.70. The van der Waals surface area contributed by atoms with Gasteiger partial charge in [0.25, 0.3) is 0 Å². The summed E-state index contributed by atoms with van der Waals surface area (Å²) in [6.45, 7) is 0. The van der Waals surface area contributed by atoms with Crippen LogP contribution in [0.1, 0.15) is 31.2 Å². The number of carbonyl (C=O) groups is 1. The van der Waals surface area contributed by atoms with Crippen LogP contribution >= 0.6 is 0 Å². The predicted molar refractivity (Wildman–Crippen MR) is 75.8 cm³/mol. The second-order valence-electron chi connectivity index (χ2n) is 5.18. The van der Waals surface area contributed by atoms with E-state index in [4.69, 9.17) is 10.5 Å². The lowest BCUT2D eigenvalue weighted by molar-refractivity contribution is -0.121. The number of aryl methyl sites for hydroxylation is 1. The van der Waals surface area contributed by atoms with Crippen molar-refractivity contribution in [2.24, 2.45) is 0 Å². The number of anilines is 1. The van der Waals surface area contributed by atoms with Crippen LogP contribution in [0.25, 0.3) is 0 Å². The van der Waals surface area contributed by atoms with E-state index in [1.54, 1.807) is 7.11 Å². The summed E-state index contributed by atoms with van der Waals surface area (Å²) in [6, 6.07) is 7.96. The molecular formula is C15H22N2O2. The van der Waals surface area contributed by atoms with Crippen LogP contribution in [0.2, 0.25) is 0 Å². The Hall–Kier alpha value is -1.55. The van der Waals surface area contributed by atoms with Crippen LogP contribution in [0.5, 0.6) is 0 Å². The molecule has 104 valence electrons. The van der Waals surface area contributed by atoms with E-state index in [1.807, 2.05) is 24.3 Å². The highest BCUT2D eigenvalue weighted by atomic mass is 16.5. The Bertz CT molecular complexity index is 417. The number of amides is 1. The zero-order valence-corrected chi connectivity index (χ0v) is 11.4. The Kier molecular flexibility index (Phi) is 4.80. The molecule has 2 rings (SSSR count). The van der Waals surface area contributed by atoms with E-state index < -0.39 is 0 Å². The van der Waals surface area contributed by atoms with Crippen LogP contribution in [-0.4, -0.2) is 25.2 Å². The highest BCUT2D eigenvalue weighted by molar-refractivity contribution is 5.76. The van der Waals surface area contributed by atoms with Crippen molar-refractivity contribution >= 4 is 11.6 Å². The van der Waals surface area contributed by atoms with E-state index in [2.05, 4.69) is 5.32 Å². The maximum Gasteiger partial charge on any atom is 0.220 e. The van der Waals surface area contributed by atoms with Crippen molar-refractivity contribution in [1.29, 1.82) is 0 Å². The van der Waals surface area contributed by atoms with Crippen LogP contribution in [0.3, 0.4) is 0 Å². The number of carbonyl (C=O) groups excluding carboxylic acids is 1. The first-order valence-electron chi connectivity index (χ1n) is 6.84. The van der Waals surface area contributed by atoms with E-state index in [9.17, 15) is 4.79 Å². The van der Waals surface area contributed by atoms with Crippen molar-refractivity contribution in [3.63, 3.8) is 0 Å². The second kappa shape index (κ2) is 6.57. The first-order chi connectivity index (χ1) is 9.17. The van der Waals surface area contributed by atoms with Gasteiger partial charge >= 0.3 is 0 Å². The SMILES string of the molecule is COC1CCC(NC(=O)CCc2ccc(N)cc2)C1. The number of rotatable bonds is 5. The molecule has 0 radical (unpaired) electrons. The van der Waals surface area contributed by atoms with Gasteiger partial charge in [0.15, 0.2) is 0 Å². The number of nitrogens with two attached hydrogens (primary N) is 1. The molecule has 1 amide bonds. The lowest BCUT2D eigenvalue weighted by atomic mass is 10.1. The molecule has 2 unspecified atom stereocenters. The largest absolute Gasteiger partial charge is 0.399 e. The Labute approximate surface area is 114 Å². The molecule has 1 aliphatic carbocycles. The number of hydrogen-bond acceptors (Lipinski definition) is 3. The van der Waals surface area contributed by atoms with Crippen molar-refractivity contribution < 1.29 is 9.53 Å². The molecule has 4 nitrogen and oxygen atoms in total. The second-order valence-corrected chi connectivity index (χ2v) is 5.18. The van der Waals surface area contributed by atoms with Crippen molar-refractivity contribution in [1.82, 2.24) is 5.32 Å². The average Bonchev–Trinajstić information content (AvgIpc) is 2.86. The lowest BCUT2D eigenvalue weighted by Gasteiger charge is -2.13. The minimum atomic E-state index is 0.124. The van der Waals surface area contributed by atoms with Gasteiger partial charge in [0.2, 0.25) is 5.91 Å². The topological polar surface area (TPSA) is 64.3 Å². The van der Waals surface area contributed by atoms with Crippen molar-refractivity contribution in [2.75, 3.05) is 12.8 Å². The normalized spacial score (nSPS) is 22.4. The number of hydrogen-bond donors (Lipinski definition) is 2. The summed E-state index contributed by atoms with van der Waals surface area (Å²) in [4.78, 5) is 11.9. The molecule has 2 atom stereocenters. The standard InChI is InChI=1S/C15H22N2O2/c1-19-14-8-7-13(10-14)17-15(18)9-4-11-2-5-12(16)6-3-11/h2-3,5-6,13-14H,4,7-10,16H2,1H3,(H,17,18). The molecule has 0 aliphatic heterocycles. The van der Waals surface area contributed by atoms with Crippen molar-refractivity contribution in [2.45, 2.75) is 44.2 Å². The predicted octanol–water partition coefficient (Wildman–Crippen LogP) is 1.89. The fraction of sp³-hybridized carbons (Fsp3) is 0.533. The molecule has 1 fully saturated rings. The Balaban J connectivity index is 1.71. The van der Waals surface area contributed by atoms with E-state index in [-0.39, 0.29) is 11.9 Å². The third-order valence-corrected chi connectivity index (χ3v) is 3.70. The Morgan fingerprint density at radius 2 is 2.11 bits per heavy atom. The number of nitrogens with one attached hydrogen (secondary N) is 1. The first kappa shape index (κ1) is 13.9. The van der Waals surface area contributed by atoms with E-state index in [1.165, 1.54) is 0 Å². The van der Waals surface area contributed by atoms with Gasteiger partial charge in [-0.05, 0) is 43.4 Å². The average molecular weight is 262 g/mol. The van der Waals surface area contributed by atoms with Gasteiger partial charge in [-0.2, -0.15) is 0 Å². The molecule has 4 heteroatoms. The molecule has 3 N–H and O–H groups in total. The minimum Gasteiger partial charge on any atom is -0.399 e. The van der Waals surface area contributed by atoms with E-state index in [0.29, 0.717) is 12.5 Å². The van der Waals surface area contributed by atoms with Crippen molar-refractivity contribution in [3.05, 3.63) is 29.8 Å². The van der Waals surface area contributed by atoms with Crippen molar-refractivity contribution in [3.8, 4) is 0 Å². The van der Waals surface area contributed by atoms with Gasteiger partial charge in [-0.1, -0.05) is 12.1 Å². The lowest BCUT2D eigenvalue weighted by Crippen LogP contribution is -2.33. The molecular weight excluding hydrogens is 240 g/mol. The van der Waals surface area contributed by atoms with Gasteiger partial charge in [0.05, 0.1) is 6.10 Å². The molecule has 19 heavy (non-hydrogen) atoms. The molecule has 1 aromatic rings. The van der Waals surface area contributed by atoms with Crippen LogP contribution < -0.4 is 11.1 Å². The van der Waals surface area contributed by atoms with Crippen LogP contribution in [0.4, 0.5) is 5.69 Å². The third kappa shape index (κ3) is 4.24. The summed E-state index contributed by atoms with van der Waals surface area (Å²) < 4.78 is 5.30. The molecule has 1 saturated carbocycles. The Morgan fingerprint density at radius 1 is 1.37 bits per heavy atom. The van der Waals surface area contributed by atoms with Crippen LogP contribution in [0.15, 0.2) is 24.3 Å². The minimum absolute atomic E-state index is 0.124. The summed E-state index contributed by atoms with van der Waals surface area (Å²) in [6.07, 6.45) is 4.59. The smallest absolute Gasteiger partial charge is 0.220 e. The summed E-state index contributed by atoms with van der Waals surface area (Å²) in [5.74, 6) is 0.124. The van der Waals surface area contributed by atoms with Gasteiger partial charge in [0, 0.05) is 25.3 Å². The monoisotopic (exact) mass is 262 g/mol. The fourth-order valence-electron chi connectivity index (χ4n) is 2.53. The van der Waals surface area contributed by atoms with Gasteiger partial charge in [0.1, 0.15) is 0 Å². The van der Waals surface area contributed by atoms with Crippen LogP contribution in [0, 0.1) is 0 Å². The zero-order chi connectivity index (χ0) is 13.7. The highest BCUT2D eigenvalue weighted by Crippen LogP contribution is 2.21. The van der Waals surface area contributed by atoms with Gasteiger partial charge in [-0.3, -0.25) is 4.79 Å². The number of methoxy groups -OCH3 is 1. The zero-order valence-electron chi connectivity index (χ0n) is 11.4. The molecule has 1 aliphatic rings. The highest BCUT2D eigenvalue weighted by Gasteiger charge is 2.25. The van der Waals surface area contributed by atoms with Gasteiger partial charge < -0.3 is 15.8 Å². The molecule has 0 aromatic heterocycles. The number of benzene rings is 1. The van der Waals surface area contributed by atoms with E-state index >= 15 is 0 Å². The molecule has 0 bridgehead atoms. The van der Waals surface area contributed by atoms with Crippen LogP contribution in [-0.2, 0) is 16.0 Å². The fourth-order valence-corrected chi connectivity index (χ4v) is 2.53. The summed E-state index contributed by atoms with van der Waals surface area (Å²) in [5.41, 5.74) is 7.52. The summed E-state index contributed by atoms with van der Waals surface area (Å²) >= 11 is 0. The summed E-state index contributed by atoms with van der Waals surface area (Å²) in [7, 11) is 1.73. The number of ether oxygens (including phenoxy) is 1. The molecule has 1 aromatic carbocycles. The maximum atomic E-state index is 11.9. The molecule has 0 saturated heterocycles. The quantitative estimate of drug-likeness (QED) is 0.796. The first-order valence-corrected chi connectivity index (χ1v) is 6.84. The summed E-state index contributed by atoms with van der Waals surface area (Å²) in [5, 5.41) is 3.08. The van der Waals surface area contributed by atoms with E-state index in [0.717, 1.165) is 36.9 Å². The molecule has 0 spiro atoms. The van der Waals surface area contributed by atoms with Gasteiger partial charge in [-0.25, -0.2) is 0 Å². The maximum absolute atomic E-state index is 11.9.